The first-order chi connectivity index (χ1) is 11.7. The fraction of sp³-hybridized carbons (Fsp3) is 0.533. The molecule has 0 radical (unpaired) electrons. The zero-order chi connectivity index (χ0) is 18.9. The predicted octanol–water partition coefficient (Wildman–Crippen LogP) is -1.51. The van der Waals surface area contributed by atoms with Gasteiger partial charge < -0.3 is 44.8 Å². The lowest BCUT2D eigenvalue weighted by Gasteiger charge is -2.39. The number of aliphatic hydroxyl groups excluding tert-OH is 4. The van der Waals surface area contributed by atoms with Crippen molar-refractivity contribution in [1.82, 2.24) is 0 Å². The van der Waals surface area contributed by atoms with E-state index < -0.39 is 60.3 Å². The van der Waals surface area contributed by atoms with Gasteiger partial charge in [0.15, 0.2) is 17.3 Å². The number of rotatable bonds is 5. The number of ketones is 1. The maximum Gasteiger partial charge on any atom is 0.229 e. The molecule has 0 bridgehead atoms. The van der Waals surface area contributed by atoms with E-state index in [9.17, 15) is 30.3 Å². The van der Waals surface area contributed by atoms with Crippen molar-refractivity contribution in [1.29, 1.82) is 0 Å². The molecule has 0 amide bonds. The third-order valence-corrected chi connectivity index (χ3v) is 3.85. The minimum atomic E-state index is -1.75. The second-order valence-electron chi connectivity index (χ2n) is 5.52. The molecule has 1 aromatic rings. The zero-order valence-corrected chi connectivity index (χ0v) is 13.5. The first-order valence-corrected chi connectivity index (χ1v) is 7.33. The van der Waals surface area contributed by atoms with Gasteiger partial charge in [-0.25, -0.2) is 0 Å². The number of phenols is 2. The molecule has 1 fully saturated rings. The van der Waals surface area contributed by atoms with Crippen molar-refractivity contribution in [2.24, 2.45) is 0 Å². The van der Waals surface area contributed by atoms with Crippen LogP contribution in [-0.2, 0) is 4.74 Å². The van der Waals surface area contributed by atoms with Gasteiger partial charge in [-0.1, -0.05) is 0 Å². The van der Waals surface area contributed by atoms with Gasteiger partial charge in [0, 0.05) is 6.07 Å². The highest BCUT2D eigenvalue weighted by Gasteiger charge is 2.45. The molecule has 0 spiro atoms. The molecule has 1 heterocycles. The molecule has 2 rings (SSSR count). The van der Waals surface area contributed by atoms with Gasteiger partial charge in [-0.2, -0.15) is 0 Å². The van der Waals surface area contributed by atoms with Crippen molar-refractivity contribution in [2.45, 2.75) is 37.6 Å². The number of phenolic OH excluding ortho intramolecular Hbond substituents is 2. The molecule has 5 atom stereocenters. The Bertz CT molecular complexity index is 644. The molecule has 1 aromatic carbocycles. The molecule has 0 saturated carbocycles. The van der Waals surface area contributed by atoms with Gasteiger partial charge in [0.05, 0.1) is 13.7 Å². The van der Waals surface area contributed by atoms with E-state index in [0.717, 1.165) is 13.0 Å². The van der Waals surface area contributed by atoms with Crippen LogP contribution in [0.15, 0.2) is 6.07 Å². The van der Waals surface area contributed by atoms with Crippen LogP contribution in [0.5, 0.6) is 23.0 Å². The van der Waals surface area contributed by atoms with Gasteiger partial charge in [-0.3, -0.25) is 4.79 Å². The Kier molecular flexibility index (Phi) is 5.70. The van der Waals surface area contributed by atoms with E-state index in [2.05, 4.69) is 0 Å². The van der Waals surface area contributed by atoms with Crippen LogP contribution in [0.1, 0.15) is 17.3 Å². The van der Waals surface area contributed by atoms with Gasteiger partial charge in [-0.05, 0) is 6.92 Å². The van der Waals surface area contributed by atoms with E-state index in [1.807, 2.05) is 0 Å². The van der Waals surface area contributed by atoms with E-state index in [1.54, 1.807) is 0 Å². The third kappa shape index (κ3) is 3.48. The summed E-state index contributed by atoms with van der Waals surface area (Å²) < 4.78 is 15.3. The van der Waals surface area contributed by atoms with Crippen LogP contribution in [0.3, 0.4) is 0 Å². The highest BCUT2D eigenvalue weighted by atomic mass is 16.7. The third-order valence-electron chi connectivity index (χ3n) is 3.85. The van der Waals surface area contributed by atoms with Crippen LogP contribution in [-0.4, -0.2) is 80.8 Å². The summed E-state index contributed by atoms with van der Waals surface area (Å²) in [6.45, 7) is 0.482. The molecule has 1 aliphatic heterocycles. The minimum Gasteiger partial charge on any atom is -0.504 e. The first kappa shape index (κ1) is 19.2. The van der Waals surface area contributed by atoms with E-state index in [-0.39, 0.29) is 11.3 Å². The number of carbonyl (C=O) groups excluding carboxylic acids is 1. The van der Waals surface area contributed by atoms with Crippen LogP contribution in [0.4, 0.5) is 0 Å². The monoisotopic (exact) mass is 360 g/mol. The largest absolute Gasteiger partial charge is 0.504 e. The summed E-state index contributed by atoms with van der Waals surface area (Å²) in [7, 11) is 1.23. The molecule has 10 nitrogen and oxygen atoms in total. The Hall–Kier alpha value is -2.11. The van der Waals surface area contributed by atoms with E-state index in [1.165, 1.54) is 7.11 Å². The smallest absolute Gasteiger partial charge is 0.229 e. The zero-order valence-electron chi connectivity index (χ0n) is 13.5. The first-order valence-electron chi connectivity index (χ1n) is 7.33. The molecule has 6 N–H and O–H groups in total. The summed E-state index contributed by atoms with van der Waals surface area (Å²) in [6.07, 6.45) is -7.92. The molecule has 0 unspecified atom stereocenters. The van der Waals surface area contributed by atoms with Gasteiger partial charge in [0.2, 0.25) is 12.0 Å². The normalized spacial score (nSPS) is 29.3. The molecule has 25 heavy (non-hydrogen) atoms. The second kappa shape index (κ2) is 7.42. The molecule has 1 saturated heterocycles. The SMILES string of the molecule is COc1cc(O)c(O[C@@H]2O[C@H](CO)[C@@H](O)[C@H](O)[C@H]2O)c(O)c1C(C)=O. The van der Waals surface area contributed by atoms with Crippen molar-refractivity contribution in [3.05, 3.63) is 11.6 Å². The number of aliphatic hydroxyl groups is 4. The summed E-state index contributed by atoms with van der Waals surface area (Å²) in [5.41, 5.74) is -0.264. The number of hydrogen-bond donors (Lipinski definition) is 6. The van der Waals surface area contributed by atoms with Crippen LogP contribution in [0, 0.1) is 0 Å². The van der Waals surface area contributed by atoms with Gasteiger partial charge >= 0.3 is 0 Å². The predicted molar refractivity (Wildman–Crippen MR) is 80.7 cm³/mol. The molecule has 0 aromatic heterocycles. The average Bonchev–Trinajstić information content (AvgIpc) is 2.57. The minimum absolute atomic E-state index is 0.0938. The molecule has 140 valence electrons. The van der Waals surface area contributed by atoms with Crippen molar-refractivity contribution in [3.63, 3.8) is 0 Å². The van der Waals surface area contributed by atoms with Crippen molar-refractivity contribution in [3.8, 4) is 23.0 Å². The summed E-state index contributed by atoms with van der Waals surface area (Å²) in [5.74, 6) is -2.62. The van der Waals surface area contributed by atoms with Crippen molar-refractivity contribution >= 4 is 5.78 Å². The highest BCUT2D eigenvalue weighted by molar-refractivity contribution is 6.01. The Labute approximate surface area is 142 Å². The number of Topliss-reactive ketones (excluding diaryl/α,β-unsaturated/α-hetero) is 1. The van der Waals surface area contributed by atoms with Gasteiger partial charge in [0.25, 0.3) is 0 Å². The van der Waals surface area contributed by atoms with Crippen LogP contribution in [0.2, 0.25) is 0 Å². The maximum atomic E-state index is 11.7. The molecular formula is C15H20O10. The fourth-order valence-electron chi connectivity index (χ4n) is 2.51. The highest BCUT2D eigenvalue weighted by Crippen LogP contribution is 2.45. The molecular weight excluding hydrogens is 340 g/mol. The lowest BCUT2D eigenvalue weighted by molar-refractivity contribution is -0.277. The number of ether oxygens (including phenoxy) is 3. The lowest BCUT2D eigenvalue weighted by Crippen LogP contribution is -2.60. The van der Waals surface area contributed by atoms with Gasteiger partial charge in [0.1, 0.15) is 35.7 Å². The van der Waals surface area contributed by atoms with Crippen LogP contribution in [0.25, 0.3) is 0 Å². The van der Waals surface area contributed by atoms with E-state index >= 15 is 0 Å². The Morgan fingerprint density at radius 3 is 2.36 bits per heavy atom. The molecule has 0 aliphatic carbocycles. The number of carbonyl (C=O) groups is 1. The topological polar surface area (TPSA) is 166 Å². The lowest BCUT2D eigenvalue weighted by atomic mass is 9.99. The maximum absolute atomic E-state index is 11.7. The Balaban J connectivity index is 2.39. The van der Waals surface area contributed by atoms with Crippen LogP contribution < -0.4 is 9.47 Å². The summed E-state index contributed by atoms with van der Waals surface area (Å²) in [6, 6.07) is 1.02. The quantitative estimate of drug-likeness (QED) is 0.340. The Morgan fingerprint density at radius 2 is 1.84 bits per heavy atom. The fourth-order valence-corrected chi connectivity index (χ4v) is 2.51. The number of methoxy groups -OCH3 is 1. The molecule has 10 heteroatoms. The van der Waals surface area contributed by atoms with Crippen molar-refractivity contribution < 1.29 is 49.6 Å². The number of benzene rings is 1. The standard InChI is InChI=1S/C15H20O10/c1-5(17)9-7(23-2)3-6(18)14(11(9)20)25-15-13(22)12(21)10(19)8(4-16)24-15/h3,8,10,12-13,15-16,18-22H,4H2,1-2H3/t8-,10-,12+,13-,15+/m1/s1. The second-order valence-corrected chi connectivity index (χ2v) is 5.52. The summed E-state index contributed by atoms with van der Waals surface area (Å²) in [5, 5.41) is 58.8. The average molecular weight is 360 g/mol. The Morgan fingerprint density at radius 1 is 1.20 bits per heavy atom. The van der Waals surface area contributed by atoms with Crippen molar-refractivity contribution in [2.75, 3.05) is 13.7 Å². The van der Waals surface area contributed by atoms with Gasteiger partial charge in [-0.15, -0.1) is 0 Å². The number of hydrogen-bond acceptors (Lipinski definition) is 10. The summed E-state index contributed by atoms with van der Waals surface area (Å²) >= 11 is 0. The molecule has 1 aliphatic rings. The van der Waals surface area contributed by atoms with E-state index in [0.29, 0.717) is 0 Å². The number of aromatic hydroxyl groups is 2. The van der Waals surface area contributed by atoms with Crippen LogP contribution >= 0.6 is 0 Å². The van der Waals surface area contributed by atoms with E-state index in [4.69, 9.17) is 19.3 Å². The summed E-state index contributed by atoms with van der Waals surface area (Å²) in [4.78, 5) is 11.7.